The third kappa shape index (κ3) is 4.02. The van der Waals surface area contributed by atoms with Gasteiger partial charge in [0.2, 0.25) is 0 Å². The molecule has 0 aliphatic rings. The molecule has 1 aromatic rings. The van der Waals surface area contributed by atoms with Crippen molar-refractivity contribution >= 4 is 0 Å². The highest BCUT2D eigenvalue weighted by Crippen LogP contribution is 2.25. The molecule has 0 radical (unpaired) electrons. The second kappa shape index (κ2) is 6.62. The van der Waals surface area contributed by atoms with E-state index in [1.807, 2.05) is 38.1 Å². The molecule has 0 heterocycles. The van der Waals surface area contributed by atoms with Crippen molar-refractivity contribution in [3.05, 3.63) is 29.8 Å². The molecular weight excluding hydrogens is 214 g/mol. The second-order valence-electron chi connectivity index (χ2n) is 4.45. The monoisotopic (exact) mass is 237 g/mol. The number of rotatable bonds is 6. The first-order chi connectivity index (χ1) is 8.08. The van der Waals surface area contributed by atoms with Crippen LogP contribution in [0.3, 0.4) is 0 Å². The molecule has 0 saturated carbocycles. The minimum absolute atomic E-state index is 0.0193. The topological polar surface area (TPSA) is 44.5 Å². The van der Waals surface area contributed by atoms with Crippen LogP contribution in [0.4, 0.5) is 0 Å². The Hall–Kier alpha value is -1.06. The number of hydrogen-bond acceptors (Lipinski definition) is 3. The van der Waals surface area contributed by atoms with Gasteiger partial charge in [-0.15, -0.1) is 0 Å². The molecule has 0 saturated heterocycles. The van der Waals surface area contributed by atoms with Gasteiger partial charge in [0.05, 0.1) is 19.3 Å². The molecule has 0 fully saturated rings. The van der Waals surface area contributed by atoms with Crippen molar-refractivity contribution in [2.45, 2.75) is 45.4 Å². The summed E-state index contributed by atoms with van der Waals surface area (Å²) in [6.45, 7) is 6.13. The van der Waals surface area contributed by atoms with E-state index in [1.54, 1.807) is 7.11 Å². The summed E-state index contributed by atoms with van der Waals surface area (Å²) in [5, 5.41) is 0. The zero-order valence-electron chi connectivity index (χ0n) is 11.1. The predicted octanol–water partition coefficient (Wildman–Crippen LogP) is 2.90. The Labute approximate surface area is 104 Å². The van der Waals surface area contributed by atoms with Gasteiger partial charge < -0.3 is 15.2 Å². The molecule has 0 spiro atoms. The van der Waals surface area contributed by atoms with Gasteiger partial charge in [0.15, 0.2) is 0 Å². The standard InChI is InChI=1S/C14H23NO2/c1-5-13(15)14(17-10(2)3)11-6-8-12(16-4)9-7-11/h6-10,13-14H,5,15H2,1-4H3. The van der Waals surface area contributed by atoms with Crippen LogP contribution in [0.25, 0.3) is 0 Å². The molecule has 0 amide bonds. The van der Waals surface area contributed by atoms with Crippen molar-refractivity contribution in [1.82, 2.24) is 0 Å². The fourth-order valence-electron chi connectivity index (χ4n) is 1.73. The Morgan fingerprint density at radius 3 is 2.18 bits per heavy atom. The Bertz CT molecular complexity index is 321. The zero-order valence-corrected chi connectivity index (χ0v) is 11.1. The average Bonchev–Trinajstić information content (AvgIpc) is 2.35. The molecule has 0 aliphatic heterocycles. The Morgan fingerprint density at radius 2 is 1.76 bits per heavy atom. The number of methoxy groups -OCH3 is 1. The molecule has 2 unspecified atom stereocenters. The Kier molecular flexibility index (Phi) is 5.45. The van der Waals surface area contributed by atoms with Gasteiger partial charge in [-0.05, 0) is 38.0 Å². The summed E-state index contributed by atoms with van der Waals surface area (Å²) in [6, 6.07) is 7.93. The van der Waals surface area contributed by atoms with E-state index in [0.29, 0.717) is 0 Å². The largest absolute Gasteiger partial charge is 0.497 e. The lowest BCUT2D eigenvalue weighted by molar-refractivity contribution is -0.00899. The lowest BCUT2D eigenvalue weighted by atomic mass is 10.0. The summed E-state index contributed by atoms with van der Waals surface area (Å²) < 4.78 is 11.0. The van der Waals surface area contributed by atoms with Gasteiger partial charge in [0.25, 0.3) is 0 Å². The third-order valence-electron chi connectivity index (χ3n) is 2.72. The lowest BCUT2D eigenvalue weighted by Gasteiger charge is -2.26. The molecule has 3 heteroatoms. The predicted molar refractivity (Wildman–Crippen MR) is 70.2 cm³/mol. The van der Waals surface area contributed by atoms with Crippen LogP contribution in [0, 0.1) is 0 Å². The van der Waals surface area contributed by atoms with E-state index in [9.17, 15) is 0 Å². The number of nitrogens with two attached hydrogens (primary N) is 1. The van der Waals surface area contributed by atoms with E-state index in [2.05, 4.69) is 6.92 Å². The Morgan fingerprint density at radius 1 is 1.18 bits per heavy atom. The van der Waals surface area contributed by atoms with Gasteiger partial charge >= 0.3 is 0 Å². The van der Waals surface area contributed by atoms with E-state index >= 15 is 0 Å². The molecule has 1 aromatic carbocycles. The van der Waals surface area contributed by atoms with E-state index in [4.69, 9.17) is 15.2 Å². The molecule has 2 N–H and O–H groups in total. The summed E-state index contributed by atoms with van der Waals surface area (Å²) in [5.74, 6) is 0.849. The lowest BCUT2D eigenvalue weighted by Crippen LogP contribution is -2.31. The summed E-state index contributed by atoms with van der Waals surface area (Å²) in [4.78, 5) is 0. The van der Waals surface area contributed by atoms with Crippen LogP contribution in [0.5, 0.6) is 5.75 Å². The number of ether oxygens (including phenoxy) is 2. The average molecular weight is 237 g/mol. The first kappa shape index (κ1) is 14.0. The van der Waals surface area contributed by atoms with Gasteiger partial charge in [-0.2, -0.15) is 0 Å². The van der Waals surface area contributed by atoms with Crippen molar-refractivity contribution in [1.29, 1.82) is 0 Å². The zero-order chi connectivity index (χ0) is 12.8. The molecule has 1 rings (SSSR count). The fraction of sp³-hybridized carbons (Fsp3) is 0.571. The van der Waals surface area contributed by atoms with Crippen molar-refractivity contribution in [3.63, 3.8) is 0 Å². The molecular formula is C14H23NO2. The third-order valence-corrected chi connectivity index (χ3v) is 2.72. The van der Waals surface area contributed by atoms with Crippen LogP contribution in [-0.4, -0.2) is 19.3 Å². The number of benzene rings is 1. The van der Waals surface area contributed by atoms with Crippen LogP contribution in [0.15, 0.2) is 24.3 Å². The van der Waals surface area contributed by atoms with Gasteiger partial charge in [-0.1, -0.05) is 19.1 Å². The molecule has 0 bridgehead atoms. The fourth-order valence-corrected chi connectivity index (χ4v) is 1.73. The van der Waals surface area contributed by atoms with Gasteiger partial charge in [0.1, 0.15) is 5.75 Å². The van der Waals surface area contributed by atoms with Crippen molar-refractivity contribution in [2.24, 2.45) is 5.73 Å². The minimum atomic E-state index is -0.0501. The summed E-state index contributed by atoms with van der Waals surface area (Å²) >= 11 is 0. The van der Waals surface area contributed by atoms with E-state index < -0.39 is 0 Å². The van der Waals surface area contributed by atoms with Gasteiger partial charge in [-0.25, -0.2) is 0 Å². The minimum Gasteiger partial charge on any atom is -0.497 e. The van der Waals surface area contributed by atoms with Crippen LogP contribution in [-0.2, 0) is 4.74 Å². The number of hydrogen-bond donors (Lipinski definition) is 1. The maximum Gasteiger partial charge on any atom is 0.118 e. The maximum atomic E-state index is 6.11. The molecule has 0 aromatic heterocycles. The highest BCUT2D eigenvalue weighted by atomic mass is 16.5. The molecule has 17 heavy (non-hydrogen) atoms. The summed E-state index contributed by atoms with van der Waals surface area (Å²) in [5.41, 5.74) is 7.22. The first-order valence-electron chi connectivity index (χ1n) is 6.13. The summed E-state index contributed by atoms with van der Waals surface area (Å²) in [7, 11) is 1.66. The van der Waals surface area contributed by atoms with Crippen LogP contribution in [0.2, 0.25) is 0 Å². The van der Waals surface area contributed by atoms with E-state index in [0.717, 1.165) is 17.7 Å². The maximum absolute atomic E-state index is 6.11. The van der Waals surface area contributed by atoms with E-state index in [1.165, 1.54) is 0 Å². The highest BCUT2D eigenvalue weighted by Gasteiger charge is 2.20. The highest BCUT2D eigenvalue weighted by molar-refractivity contribution is 5.29. The smallest absolute Gasteiger partial charge is 0.118 e. The normalized spacial score (nSPS) is 14.7. The molecule has 96 valence electrons. The Balaban J connectivity index is 2.87. The van der Waals surface area contributed by atoms with Crippen LogP contribution in [0.1, 0.15) is 38.9 Å². The second-order valence-corrected chi connectivity index (χ2v) is 4.45. The van der Waals surface area contributed by atoms with E-state index in [-0.39, 0.29) is 18.2 Å². The quantitative estimate of drug-likeness (QED) is 0.827. The van der Waals surface area contributed by atoms with Gasteiger partial charge in [-0.3, -0.25) is 0 Å². The molecule has 0 aliphatic carbocycles. The first-order valence-corrected chi connectivity index (χ1v) is 6.13. The van der Waals surface area contributed by atoms with Crippen molar-refractivity contribution < 1.29 is 9.47 Å². The van der Waals surface area contributed by atoms with Gasteiger partial charge in [0, 0.05) is 6.04 Å². The molecule has 2 atom stereocenters. The van der Waals surface area contributed by atoms with Crippen LogP contribution < -0.4 is 10.5 Å². The molecule has 3 nitrogen and oxygen atoms in total. The van der Waals surface area contributed by atoms with Crippen molar-refractivity contribution in [2.75, 3.05) is 7.11 Å². The SMILES string of the molecule is CCC(N)C(OC(C)C)c1ccc(OC)cc1. The van der Waals surface area contributed by atoms with Crippen LogP contribution >= 0.6 is 0 Å². The van der Waals surface area contributed by atoms with Crippen molar-refractivity contribution in [3.8, 4) is 5.75 Å². The summed E-state index contributed by atoms with van der Waals surface area (Å²) in [6.07, 6.45) is 1.01.